The second-order valence-corrected chi connectivity index (χ2v) is 3.88. The average Bonchev–Trinajstić information content (AvgIpc) is 2.20. The third-order valence-electron chi connectivity index (χ3n) is 2.01. The lowest BCUT2D eigenvalue weighted by molar-refractivity contribution is 0.0250. The number of hydrogen-bond acceptors (Lipinski definition) is 3. The molecule has 2 rings (SSSR count). The molecule has 3 nitrogen and oxygen atoms in total. The van der Waals surface area contributed by atoms with Gasteiger partial charge >= 0.3 is 0 Å². The van der Waals surface area contributed by atoms with Gasteiger partial charge in [0.2, 0.25) is 0 Å². The molecule has 0 bridgehead atoms. The first kappa shape index (κ1) is 11.9. The molecule has 0 saturated carbocycles. The number of hydrogen-bond donors (Lipinski definition) is 1. The Labute approximate surface area is 97.8 Å². The van der Waals surface area contributed by atoms with Crippen LogP contribution in [0.15, 0.2) is 22.8 Å². The van der Waals surface area contributed by atoms with Crippen LogP contribution < -0.4 is 5.32 Å². The van der Waals surface area contributed by atoms with E-state index in [1.54, 1.807) is 6.20 Å². The summed E-state index contributed by atoms with van der Waals surface area (Å²) in [7, 11) is 0. The van der Waals surface area contributed by atoms with Gasteiger partial charge in [-0.05, 0) is 28.1 Å². The molecule has 1 aromatic heterocycles. The van der Waals surface area contributed by atoms with Gasteiger partial charge in [-0.15, -0.1) is 12.4 Å². The molecule has 1 fully saturated rings. The standard InChI is InChI=1S/C9H11BrN2O.ClH/c10-7-1-2-8(12-5-7)9-6-11-3-4-13-9;/h1-2,5,9,11H,3-4,6H2;1H. The molecule has 0 amide bonds. The monoisotopic (exact) mass is 278 g/mol. The van der Waals surface area contributed by atoms with Crippen molar-refractivity contribution < 1.29 is 4.74 Å². The van der Waals surface area contributed by atoms with Crippen molar-refractivity contribution in [2.45, 2.75) is 6.10 Å². The fraction of sp³-hybridized carbons (Fsp3) is 0.444. The van der Waals surface area contributed by atoms with Gasteiger partial charge in [-0.3, -0.25) is 4.98 Å². The van der Waals surface area contributed by atoms with Gasteiger partial charge < -0.3 is 10.1 Å². The number of nitrogens with zero attached hydrogens (tertiary/aromatic N) is 1. The van der Waals surface area contributed by atoms with Gasteiger partial charge in [0.15, 0.2) is 0 Å². The first-order chi connectivity index (χ1) is 6.36. The van der Waals surface area contributed by atoms with Crippen LogP contribution in [0.4, 0.5) is 0 Å². The first-order valence-corrected chi connectivity index (χ1v) is 5.09. The fourth-order valence-corrected chi connectivity index (χ4v) is 1.57. The summed E-state index contributed by atoms with van der Waals surface area (Å²) in [5, 5.41) is 3.27. The number of rotatable bonds is 1. The Bertz CT molecular complexity index is 275. The molecule has 5 heteroatoms. The van der Waals surface area contributed by atoms with Crippen molar-refractivity contribution in [3.8, 4) is 0 Å². The zero-order chi connectivity index (χ0) is 9.10. The van der Waals surface area contributed by atoms with Gasteiger partial charge in [-0.2, -0.15) is 0 Å². The quantitative estimate of drug-likeness (QED) is 0.853. The topological polar surface area (TPSA) is 34.1 Å². The van der Waals surface area contributed by atoms with Gasteiger partial charge in [0.25, 0.3) is 0 Å². The predicted molar refractivity (Wildman–Crippen MR) is 60.7 cm³/mol. The minimum atomic E-state index is 0. The molecule has 14 heavy (non-hydrogen) atoms. The van der Waals surface area contributed by atoms with E-state index in [9.17, 15) is 0 Å². The van der Waals surface area contributed by atoms with E-state index in [-0.39, 0.29) is 18.5 Å². The Morgan fingerprint density at radius 2 is 2.36 bits per heavy atom. The van der Waals surface area contributed by atoms with Crippen molar-refractivity contribution in [3.05, 3.63) is 28.5 Å². The van der Waals surface area contributed by atoms with Gasteiger partial charge in [0, 0.05) is 23.8 Å². The zero-order valence-corrected chi connectivity index (χ0v) is 9.97. The Morgan fingerprint density at radius 3 is 2.93 bits per heavy atom. The summed E-state index contributed by atoms with van der Waals surface area (Å²) in [6.45, 7) is 2.56. The van der Waals surface area contributed by atoms with Crippen molar-refractivity contribution in [1.82, 2.24) is 10.3 Å². The third-order valence-corrected chi connectivity index (χ3v) is 2.48. The van der Waals surface area contributed by atoms with E-state index in [1.807, 2.05) is 12.1 Å². The van der Waals surface area contributed by atoms with E-state index in [0.717, 1.165) is 29.9 Å². The highest BCUT2D eigenvalue weighted by Crippen LogP contribution is 2.17. The van der Waals surface area contributed by atoms with Crippen LogP contribution in [0.1, 0.15) is 11.8 Å². The Morgan fingerprint density at radius 1 is 1.50 bits per heavy atom. The first-order valence-electron chi connectivity index (χ1n) is 4.30. The lowest BCUT2D eigenvalue weighted by Crippen LogP contribution is -2.33. The van der Waals surface area contributed by atoms with Crippen molar-refractivity contribution in [3.63, 3.8) is 0 Å². The minimum absolute atomic E-state index is 0. The average molecular weight is 280 g/mol. The van der Waals surface area contributed by atoms with Crippen molar-refractivity contribution >= 4 is 28.3 Å². The summed E-state index contributed by atoms with van der Waals surface area (Å²) in [5.41, 5.74) is 0.996. The Kier molecular flexibility index (Phi) is 4.81. The van der Waals surface area contributed by atoms with Crippen LogP contribution in [0, 0.1) is 0 Å². The molecule has 1 N–H and O–H groups in total. The molecule has 0 aliphatic carbocycles. The van der Waals surface area contributed by atoms with E-state index < -0.39 is 0 Å². The molecule has 1 aliphatic rings. The normalized spacial score (nSPS) is 21.4. The molecule has 78 valence electrons. The molecule has 1 atom stereocenters. The summed E-state index contributed by atoms with van der Waals surface area (Å²) < 4.78 is 6.56. The number of aromatic nitrogens is 1. The second kappa shape index (κ2) is 5.66. The molecule has 1 unspecified atom stereocenters. The van der Waals surface area contributed by atoms with Crippen LogP contribution in [0.25, 0.3) is 0 Å². The third kappa shape index (κ3) is 2.92. The molecule has 1 aliphatic heterocycles. The number of morpholine rings is 1. The molecular weight excluding hydrogens is 267 g/mol. The Hall–Kier alpha value is -0.160. The summed E-state index contributed by atoms with van der Waals surface area (Å²) in [6, 6.07) is 3.97. The van der Waals surface area contributed by atoms with E-state index in [0.29, 0.717) is 0 Å². The van der Waals surface area contributed by atoms with Crippen LogP contribution in [0.2, 0.25) is 0 Å². The summed E-state index contributed by atoms with van der Waals surface area (Å²) in [5.74, 6) is 0. The van der Waals surface area contributed by atoms with E-state index >= 15 is 0 Å². The van der Waals surface area contributed by atoms with Crippen LogP contribution in [-0.2, 0) is 4.74 Å². The summed E-state index contributed by atoms with van der Waals surface area (Å²) >= 11 is 3.35. The van der Waals surface area contributed by atoms with Crippen LogP contribution in [-0.4, -0.2) is 24.7 Å². The van der Waals surface area contributed by atoms with Crippen LogP contribution in [0.5, 0.6) is 0 Å². The highest BCUT2D eigenvalue weighted by atomic mass is 79.9. The van der Waals surface area contributed by atoms with Crippen LogP contribution in [0.3, 0.4) is 0 Å². The molecule has 0 radical (unpaired) electrons. The molecule has 1 aromatic rings. The molecule has 0 aromatic carbocycles. The second-order valence-electron chi connectivity index (χ2n) is 2.96. The number of pyridine rings is 1. The molecule has 1 saturated heterocycles. The molecule has 2 heterocycles. The highest BCUT2D eigenvalue weighted by Gasteiger charge is 2.16. The van der Waals surface area contributed by atoms with E-state index in [1.165, 1.54) is 0 Å². The van der Waals surface area contributed by atoms with E-state index in [2.05, 4.69) is 26.2 Å². The van der Waals surface area contributed by atoms with Crippen molar-refractivity contribution in [2.75, 3.05) is 19.7 Å². The number of ether oxygens (including phenoxy) is 1. The molecular formula is C9H12BrClN2O. The highest BCUT2D eigenvalue weighted by molar-refractivity contribution is 9.10. The number of halogens is 2. The SMILES string of the molecule is Brc1ccc(C2CNCCO2)nc1.Cl. The van der Waals surface area contributed by atoms with Crippen LogP contribution >= 0.6 is 28.3 Å². The maximum absolute atomic E-state index is 5.56. The van der Waals surface area contributed by atoms with Crippen molar-refractivity contribution in [1.29, 1.82) is 0 Å². The lowest BCUT2D eigenvalue weighted by Gasteiger charge is -2.22. The van der Waals surface area contributed by atoms with Gasteiger partial charge in [-0.1, -0.05) is 0 Å². The smallest absolute Gasteiger partial charge is 0.112 e. The maximum atomic E-state index is 5.56. The zero-order valence-electron chi connectivity index (χ0n) is 7.57. The molecule has 0 spiro atoms. The summed E-state index contributed by atoms with van der Waals surface area (Å²) in [6.07, 6.45) is 1.91. The van der Waals surface area contributed by atoms with Gasteiger partial charge in [-0.25, -0.2) is 0 Å². The number of nitrogens with one attached hydrogen (secondary N) is 1. The predicted octanol–water partition coefficient (Wildman–Crippen LogP) is 1.93. The van der Waals surface area contributed by atoms with Gasteiger partial charge in [0.05, 0.1) is 12.3 Å². The van der Waals surface area contributed by atoms with E-state index in [4.69, 9.17) is 4.74 Å². The van der Waals surface area contributed by atoms with Crippen molar-refractivity contribution in [2.24, 2.45) is 0 Å². The fourth-order valence-electron chi connectivity index (χ4n) is 1.33. The Balaban J connectivity index is 0.000000980. The van der Waals surface area contributed by atoms with Gasteiger partial charge in [0.1, 0.15) is 6.10 Å². The minimum Gasteiger partial charge on any atom is -0.369 e. The maximum Gasteiger partial charge on any atom is 0.112 e. The summed E-state index contributed by atoms with van der Waals surface area (Å²) in [4.78, 5) is 4.29. The lowest BCUT2D eigenvalue weighted by atomic mass is 10.2. The largest absolute Gasteiger partial charge is 0.369 e.